The molecule has 1 aromatic carbocycles. The molecule has 1 aliphatic rings. The number of benzene rings is 1. The molecule has 0 radical (unpaired) electrons. The van der Waals surface area contributed by atoms with Crippen molar-refractivity contribution in [1.82, 2.24) is 9.55 Å². The highest BCUT2D eigenvalue weighted by molar-refractivity contribution is 7.99. The molecule has 148 valence electrons. The summed E-state index contributed by atoms with van der Waals surface area (Å²) in [6.45, 7) is 8.96. The average molecular weight is 415 g/mol. The van der Waals surface area contributed by atoms with Crippen LogP contribution in [0, 0.1) is 6.92 Å². The minimum Gasteiger partial charge on any atom is -0.370 e. The molecular weight excluding hydrogens is 388 g/mol. The lowest BCUT2D eigenvalue weighted by atomic mass is 9.94. The van der Waals surface area contributed by atoms with E-state index in [1.807, 2.05) is 35.8 Å². The van der Waals surface area contributed by atoms with Crippen LogP contribution in [0.2, 0.25) is 0 Å². The zero-order chi connectivity index (χ0) is 19.9. The van der Waals surface area contributed by atoms with Crippen LogP contribution in [0.1, 0.15) is 49.6 Å². The molecule has 0 spiro atoms. The second-order valence-electron chi connectivity index (χ2n) is 7.93. The van der Waals surface area contributed by atoms with Crippen LogP contribution < -0.4 is 5.56 Å². The van der Waals surface area contributed by atoms with Crippen LogP contribution in [0.25, 0.3) is 15.9 Å². The molecule has 0 saturated heterocycles. The summed E-state index contributed by atoms with van der Waals surface area (Å²) < 4.78 is 7.80. The van der Waals surface area contributed by atoms with Crippen LogP contribution in [-0.2, 0) is 17.8 Å². The lowest BCUT2D eigenvalue weighted by Gasteiger charge is -2.30. The van der Waals surface area contributed by atoms with Gasteiger partial charge in [0.15, 0.2) is 5.16 Å². The maximum atomic E-state index is 13.8. The average Bonchev–Trinajstić information content (AvgIpc) is 3.00. The summed E-state index contributed by atoms with van der Waals surface area (Å²) in [5, 5.41) is 1.57. The third kappa shape index (κ3) is 3.53. The fourth-order valence-electron chi connectivity index (χ4n) is 3.61. The molecule has 0 N–H and O–H groups in total. The van der Waals surface area contributed by atoms with Crippen molar-refractivity contribution in [3.8, 4) is 5.69 Å². The molecule has 4 nitrogen and oxygen atoms in total. The van der Waals surface area contributed by atoms with E-state index in [1.165, 1.54) is 0 Å². The third-order valence-electron chi connectivity index (χ3n) is 5.16. The van der Waals surface area contributed by atoms with Gasteiger partial charge in [-0.05, 0) is 44.4 Å². The number of fused-ring (bicyclic) bond motifs is 3. The Hall–Kier alpha value is -1.63. The van der Waals surface area contributed by atoms with Crippen LogP contribution >= 0.6 is 23.1 Å². The normalized spacial score (nSPS) is 15.7. The molecule has 0 unspecified atom stereocenters. The van der Waals surface area contributed by atoms with Gasteiger partial charge in [-0.2, -0.15) is 0 Å². The smallest absolute Gasteiger partial charge is 0.267 e. The Morgan fingerprint density at radius 3 is 2.86 bits per heavy atom. The van der Waals surface area contributed by atoms with Gasteiger partial charge in [0, 0.05) is 17.1 Å². The number of rotatable bonds is 5. The van der Waals surface area contributed by atoms with Gasteiger partial charge in [-0.1, -0.05) is 43.3 Å². The number of hydrogen-bond donors (Lipinski definition) is 0. The summed E-state index contributed by atoms with van der Waals surface area (Å²) in [4.78, 5) is 20.7. The third-order valence-corrected chi connectivity index (χ3v) is 7.28. The maximum Gasteiger partial charge on any atom is 0.267 e. The van der Waals surface area contributed by atoms with Crippen molar-refractivity contribution >= 4 is 33.3 Å². The molecule has 6 heteroatoms. The van der Waals surface area contributed by atoms with Gasteiger partial charge >= 0.3 is 0 Å². The Kier molecular flexibility index (Phi) is 5.38. The fourth-order valence-corrected chi connectivity index (χ4v) is 5.84. The molecule has 3 aromatic rings. The SMILES string of the molecule is CCCCSc1nc2sc3c(c2c(=O)n1-c1ccccc1C)CC(C)(C)OC3. The molecule has 1 aliphatic heterocycles. The summed E-state index contributed by atoms with van der Waals surface area (Å²) >= 11 is 3.29. The molecule has 0 amide bonds. The quantitative estimate of drug-likeness (QED) is 0.314. The van der Waals surface area contributed by atoms with E-state index < -0.39 is 0 Å². The Morgan fingerprint density at radius 2 is 2.11 bits per heavy atom. The molecule has 2 aromatic heterocycles. The van der Waals surface area contributed by atoms with Gasteiger partial charge in [0.05, 0.1) is 23.3 Å². The number of thiophene rings is 1. The van der Waals surface area contributed by atoms with Crippen molar-refractivity contribution in [2.75, 3.05) is 5.75 Å². The lowest BCUT2D eigenvalue weighted by molar-refractivity contribution is -0.0379. The topological polar surface area (TPSA) is 44.1 Å². The molecule has 0 fully saturated rings. The number of aryl methyl sites for hydroxylation is 1. The Bertz CT molecular complexity index is 1080. The van der Waals surface area contributed by atoms with Crippen molar-refractivity contribution < 1.29 is 4.74 Å². The van der Waals surface area contributed by atoms with Crippen molar-refractivity contribution in [3.05, 3.63) is 50.6 Å². The Labute approximate surface area is 174 Å². The van der Waals surface area contributed by atoms with E-state index in [1.54, 1.807) is 23.1 Å². The summed E-state index contributed by atoms with van der Waals surface area (Å²) in [6, 6.07) is 8.05. The molecule has 4 rings (SSSR count). The van der Waals surface area contributed by atoms with Crippen molar-refractivity contribution in [2.24, 2.45) is 0 Å². The van der Waals surface area contributed by atoms with E-state index in [-0.39, 0.29) is 11.2 Å². The second-order valence-corrected chi connectivity index (χ2v) is 10.1. The predicted octanol–water partition coefficient (Wildman–Crippen LogP) is 5.50. The summed E-state index contributed by atoms with van der Waals surface area (Å²) in [6.07, 6.45) is 2.98. The molecule has 28 heavy (non-hydrogen) atoms. The maximum absolute atomic E-state index is 13.8. The molecule has 0 bridgehead atoms. The van der Waals surface area contributed by atoms with Crippen molar-refractivity contribution in [3.63, 3.8) is 0 Å². The summed E-state index contributed by atoms with van der Waals surface area (Å²) in [5.74, 6) is 0.960. The monoisotopic (exact) mass is 414 g/mol. The number of para-hydroxylation sites is 1. The Balaban J connectivity index is 1.96. The number of nitrogens with zero attached hydrogens (tertiary/aromatic N) is 2. The fraction of sp³-hybridized carbons (Fsp3) is 0.455. The van der Waals surface area contributed by atoms with Gasteiger partial charge < -0.3 is 4.74 Å². The van der Waals surface area contributed by atoms with Gasteiger partial charge in [-0.25, -0.2) is 4.98 Å². The van der Waals surface area contributed by atoms with E-state index in [0.29, 0.717) is 6.61 Å². The summed E-state index contributed by atoms with van der Waals surface area (Å²) in [5.41, 5.74) is 2.92. The van der Waals surface area contributed by atoms with E-state index >= 15 is 0 Å². The summed E-state index contributed by atoms with van der Waals surface area (Å²) in [7, 11) is 0. The van der Waals surface area contributed by atoms with E-state index in [9.17, 15) is 4.79 Å². The highest BCUT2D eigenvalue weighted by Gasteiger charge is 2.31. The first-order valence-electron chi connectivity index (χ1n) is 9.81. The Morgan fingerprint density at radius 1 is 1.32 bits per heavy atom. The van der Waals surface area contributed by atoms with Crippen LogP contribution in [0.3, 0.4) is 0 Å². The number of thioether (sulfide) groups is 1. The zero-order valence-corrected chi connectivity index (χ0v) is 18.5. The van der Waals surface area contributed by atoms with E-state index in [2.05, 4.69) is 20.8 Å². The molecule has 3 heterocycles. The van der Waals surface area contributed by atoms with Gasteiger partial charge in [-0.15, -0.1) is 11.3 Å². The minimum absolute atomic E-state index is 0.0495. The first-order valence-corrected chi connectivity index (χ1v) is 11.6. The molecular formula is C22H26N2O2S2. The number of aromatic nitrogens is 2. The highest BCUT2D eigenvalue weighted by atomic mass is 32.2. The van der Waals surface area contributed by atoms with Crippen LogP contribution in [0.5, 0.6) is 0 Å². The van der Waals surface area contributed by atoms with Crippen LogP contribution in [-0.4, -0.2) is 20.9 Å². The van der Waals surface area contributed by atoms with Gasteiger partial charge in [0.2, 0.25) is 0 Å². The van der Waals surface area contributed by atoms with Crippen LogP contribution in [0.15, 0.2) is 34.2 Å². The predicted molar refractivity (Wildman–Crippen MR) is 118 cm³/mol. The largest absolute Gasteiger partial charge is 0.370 e. The van der Waals surface area contributed by atoms with Gasteiger partial charge in [0.25, 0.3) is 5.56 Å². The number of ether oxygens (including phenoxy) is 1. The standard InChI is InChI=1S/C22H26N2O2S2/c1-5-6-11-27-21-23-19-18(15-12-22(3,4)26-13-17(15)28-19)20(25)24(21)16-10-8-7-9-14(16)2/h7-10H,5-6,11-13H2,1-4H3. The van der Waals surface area contributed by atoms with Crippen molar-refractivity contribution in [1.29, 1.82) is 0 Å². The van der Waals surface area contributed by atoms with Crippen molar-refractivity contribution in [2.45, 2.75) is 64.3 Å². The van der Waals surface area contributed by atoms with Gasteiger partial charge in [0.1, 0.15) is 4.83 Å². The lowest BCUT2D eigenvalue weighted by Crippen LogP contribution is -2.32. The van der Waals surface area contributed by atoms with E-state index in [0.717, 1.165) is 62.1 Å². The molecule has 0 aliphatic carbocycles. The minimum atomic E-state index is -0.254. The zero-order valence-electron chi connectivity index (χ0n) is 16.9. The molecule has 0 atom stereocenters. The first-order chi connectivity index (χ1) is 13.4. The highest BCUT2D eigenvalue weighted by Crippen LogP contribution is 2.38. The van der Waals surface area contributed by atoms with Gasteiger partial charge in [-0.3, -0.25) is 9.36 Å². The first kappa shape index (κ1) is 19.7. The second kappa shape index (κ2) is 7.65. The number of unbranched alkanes of at least 4 members (excludes halogenated alkanes) is 1. The van der Waals surface area contributed by atoms with E-state index in [4.69, 9.17) is 9.72 Å². The van der Waals surface area contributed by atoms with Crippen LogP contribution in [0.4, 0.5) is 0 Å². The number of hydrogen-bond acceptors (Lipinski definition) is 5. The molecule has 0 saturated carbocycles.